The fraction of sp³-hybridized carbons (Fsp3) is 0.250. The van der Waals surface area contributed by atoms with Gasteiger partial charge in [-0.1, -0.05) is 24.3 Å². The molecule has 1 atom stereocenters. The number of nitrogens with one attached hydrogen (secondary N) is 1. The molecule has 2 aromatic carbocycles. The molecule has 0 aliphatic carbocycles. The summed E-state index contributed by atoms with van der Waals surface area (Å²) in [5.41, 5.74) is 2.34. The number of hydrogen-bond acceptors (Lipinski definition) is 6. The van der Waals surface area contributed by atoms with Crippen molar-refractivity contribution in [1.29, 1.82) is 0 Å². The number of ketones is 1. The number of benzene rings is 2. The van der Waals surface area contributed by atoms with Crippen molar-refractivity contribution in [2.24, 2.45) is 0 Å². The summed E-state index contributed by atoms with van der Waals surface area (Å²) in [5, 5.41) is 3.54. The summed E-state index contributed by atoms with van der Waals surface area (Å²) in [6.07, 6.45) is 0. The molecule has 1 fully saturated rings. The highest BCUT2D eigenvalue weighted by molar-refractivity contribution is 6.11. The maximum atomic E-state index is 13.4. The number of rotatable bonds is 6. The van der Waals surface area contributed by atoms with Crippen LogP contribution in [0.4, 0.5) is 4.79 Å². The van der Waals surface area contributed by atoms with Crippen LogP contribution >= 0.6 is 0 Å². The number of aromatic nitrogens is 1. The van der Waals surface area contributed by atoms with E-state index in [4.69, 9.17) is 13.9 Å². The molecule has 0 radical (unpaired) electrons. The lowest BCUT2D eigenvalue weighted by atomic mass is 9.98. The van der Waals surface area contributed by atoms with Crippen molar-refractivity contribution in [3.8, 4) is 11.5 Å². The number of aryl methyl sites for hydroxylation is 1. The Morgan fingerprint density at radius 1 is 1.03 bits per heavy atom. The van der Waals surface area contributed by atoms with E-state index in [0.717, 1.165) is 27.2 Å². The molecule has 9 heteroatoms. The summed E-state index contributed by atoms with van der Waals surface area (Å²) in [6.45, 7) is 5.74. The van der Waals surface area contributed by atoms with Gasteiger partial charge in [-0.15, -0.1) is 0 Å². The van der Waals surface area contributed by atoms with Crippen LogP contribution in [0.2, 0.25) is 0 Å². The summed E-state index contributed by atoms with van der Waals surface area (Å²) >= 11 is 0. The van der Waals surface area contributed by atoms with Gasteiger partial charge in [-0.25, -0.2) is 4.79 Å². The molecule has 2 aliphatic heterocycles. The number of urea groups is 1. The van der Waals surface area contributed by atoms with Crippen molar-refractivity contribution in [2.75, 3.05) is 13.3 Å². The maximum Gasteiger partial charge on any atom is 0.325 e. The molecule has 1 N–H and O–H groups in total. The number of carbonyl (C=O) groups is 3. The van der Waals surface area contributed by atoms with E-state index in [1.807, 2.05) is 54.8 Å². The Balaban J connectivity index is 1.22. The van der Waals surface area contributed by atoms with Crippen molar-refractivity contribution < 1.29 is 28.3 Å². The first-order valence-electron chi connectivity index (χ1n) is 12.0. The van der Waals surface area contributed by atoms with Gasteiger partial charge in [-0.2, -0.15) is 0 Å². The number of carbonyl (C=O) groups excluding carboxylic acids is 3. The van der Waals surface area contributed by atoms with Gasteiger partial charge in [0.05, 0.1) is 6.54 Å². The van der Waals surface area contributed by atoms with Gasteiger partial charge in [-0.3, -0.25) is 14.5 Å². The fourth-order valence-corrected chi connectivity index (χ4v) is 5.01. The topological polar surface area (TPSA) is 103 Å². The van der Waals surface area contributed by atoms with Crippen LogP contribution in [-0.4, -0.2) is 40.5 Å². The zero-order chi connectivity index (χ0) is 25.9. The Kier molecular flexibility index (Phi) is 5.11. The number of hydrogen-bond donors (Lipinski definition) is 1. The van der Waals surface area contributed by atoms with Gasteiger partial charge in [0.25, 0.3) is 5.91 Å². The molecule has 0 spiro atoms. The second-order valence-electron chi connectivity index (χ2n) is 9.58. The molecule has 188 valence electrons. The van der Waals surface area contributed by atoms with Gasteiger partial charge in [0.1, 0.15) is 11.3 Å². The molecule has 4 aromatic rings. The second kappa shape index (κ2) is 8.26. The molecule has 37 heavy (non-hydrogen) atoms. The Morgan fingerprint density at radius 3 is 2.62 bits per heavy atom. The Bertz CT molecular complexity index is 1570. The van der Waals surface area contributed by atoms with Crippen LogP contribution in [-0.2, 0) is 16.9 Å². The van der Waals surface area contributed by atoms with Crippen LogP contribution in [0.15, 0.2) is 59.0 Å². The van der Waals surface area contributed by atoms with Gasteiger partial charge in [-0.05, 0) is 56.7 Å². The number of imide groups is 1. The first-order valence-corrected chi connectivity index (χ1v) is 12.0. The van der Waals surface area contributed by atoms with Crippen molar-refractivity contribution in [3.05, 3.63) is 82.9 Å². The first-order chi connectivity index (χ1) is 17.7. The second-order valence-corrected chi connectivity index (χ2v) is 9.58. The van der Waals surface area contributed by atoms with E-state index in [-0.39, 0.29) is 19.1 Å². The quantitative estimate of drug-likeness (QED) is 0.314. The van der Waals surface area contributed by atoms with E-state index in [0.29, 0.717) is 35.0 Å². The number of para-hydroxylation sites is 1. The Hall–Kier alpha value is -4.53. The first kappa shape index (κ1) is 22.9. The SMILES string of the molecule is Cc1cc(C(=O)CN2C(=O)NC(C)(c3cc4ccccc4o3)C2=O)c(C)n1Cc1ccc2c(c1)OCO2. The highest BCUT2D eigenvalue weighted by Gasteiger charge is 2.51. The lowest BCUT2D eigenvalue weighted by Gasteiger charge is -2.18. The van der Waals surface area contributed by atoms with Gasteiger partial charge >= 0.3 is 6.03 Å². The molecule has 2 aliphatic rings. The summed E-state index contributed by atoms with van der Waals surface area (Å²) in [7, 11) is 0. The van der Waals surface area contributed by atoms with E-state index in [1.165, 1.54) is 0 Å². The van der Waals surface area contributed by atoms with Crippen LogP contribution < -0.4 is 14.8 Å². The minimum absolute atomic E-state index is 0.206. The molecule has 1 unspecified atom stereocenters. The third kappa shape index (κ3) is 3.66. The van der Waals surface area contributed by atoms with Gasteiger partial charge in [0.15, 0.2) is 22.8 Å². The normalized spacial score (nSPS) is 18.6. The summed E-state index contributed by atoms with van der Waals surface area (Å²) in [4.78, 5) is 40.5. The minimum atomic E-state index is -1.40. The van der Waals surface area contributed by atoms with Gasteiger partial charge in [0, 0.05) is 28.9 Å². The predicted molar refractivity (Wildman–Crippen MR) is 134 cm³/mol. The fourth-order valence-electron chi connectivity index (χ4n) is 5.01. The van der Waals surface area contributed by atoms with Crippen LogP contribution in [0.1, 0.15) is 40.0 Å². The summed E-state index contributed by atoms with van der Waals surface area (Å²) < 4.78 is 18.7. The zero-order valence-corrected chi connectivity index (χ0v) is 20.7. The third-order valence-corrected chi connectivity index (χ3v) is 7.15. The van der Waals surface area contributed by atoms with Crippen molar-refractivity contribution >= 4 is 28.7 Å². The molecule has 4 heterocycles. The van der Waals surface area contributed by atoms with Gasteiger partial charge in [0.2, 0.25) is 6.79 Å². The highest BCUT2D eigenvalue weighted by atomic mass is 16.7. The van der Waals surface area contributed by atoms with E-state index in [2.05, 4.69) is 5.32 Å². The maximum absolute atomic E-state index is 13.4. The number of amides is 3. The largest absolute Gasteiger partial charge is 0.458 e. The standard InChI is InChI=1S/C28H25N3O6/c1-16-10-20(17(2)30(16)13-18-8-9-23-24(11-18)36-15-35-23)21(32)14-31-26(33)28(3,29-27(31)34)25-12-19-6-4-5-7-22(19)37-25/h4-12H,13-15H2,1-3H3,(H,29,34). The van der Waals surface area contributed by atoms with E-state index in [9.17, 15) is 14.4 Å². The molecular formula is C28H25N3O6. The molecule has 0 bridgehead atoms. The zero-order valence-electron chi connectivity index (χ0n) is 20.7. The minimum Gasteiger partial charge on any atom is -0.458 e. The molecular weight excluding hydrogens is 474 g/mol. The molecule has 0 saturated carbocycles. The van der Waals surface area contributed by atoms with Gasteiger partial charge < -0.3 is 23.8 Å². The number of nitrogens with zero attached hydrogens (tertiary/aromatic N) is 2. The van der Waals surface area contributed by atoms with Crippen LogP contribution in [0.5, 0.6) is 11.5 Å². The lowest BCUT2D eigenvalue weighted by molar-refractivity contribution is -0.131. The predicted octanol–water partition coefficient (Wildman–Crippen LogP) is 4.28. The third-order valence-electron chi connectivity index (χ3n) is 7.15. The molecule has 9 nitrogen and oxygen atoms in total. The smallest absolute Gasteiger partial charge is 0.325 e. The van der Waals surface area contributed by atoms with Crippen LogP contribution in [0, 0.1) is 13.8 Å². The molecule has 3 amide bonds. The molecule has 2 aromatic heterocycles. The van der Waals surface area contributed by atoms with Crippen LogP contribution in [0.3, 0.4) is 0 Å². The monoisotopic (exact) mass is 499 g/mol. The highest BCUT2D eigenvalue weighted by Crippen LogP contribution is 2.34. The molecule has 6 rings (SSSR count). The summed E-state index contributed by atoms with van der Waals surface area (Å²) in [5.74, 6) is 0.886. The Labute approximate surface area is 212 Å². The average molecular weight is 500 g/mol. The summed E-state index contributed by atoms with van der Waals surface area (Å²) in [6, 6.07) is 16.0. The van der Waals surface area contributed by atoms with E-state index in [1.54, 1.807) is 25.1 Å². The number of fused-ring (bicyclic) bond motifs is 2. The van der Waals surface area contributed by atoms with Crippen LogP contribution in [0.25, 0.3) is 11.0 Å². The van der Waals surface area contributed by atoms with E-state index < -0.39 is 17.5 Å². The average Bonchev–Trinajstić information content (AvgIpc) is 3.63. The van der Waals surface area contributed by atoms with Crippen molar-refractivity contribution in [1.82, 2.24) is 14.8 Å². The number of Topliss-reactive ketones (excluding diaryl/α,β-unsaturated/α-hetero) is 1. The lowest BCUT2D eigenvalue weighted by Crippen LogP contribution is -2.41. The number of furan rings is 1. The number of ether oxygens (including phenoxy) is 2. The van der Waals surface area contributed by atoms with Crippen molar-refractivity contribution in [3.63, 3.8) is 0 Å². The van der Waals surface area contributed by atoms with E-state index >= 15 is 0 Å². The molecule has 1 saturated heterocycles. The van der Waals surface area contributed by atoms with Crippen molar-refractivity contribution in [2.45, 2.75) is 32.9 Å². The Morgan fingerprint density at radius 2 is 1.81 bits per heavy atom.